The first-order valence-corrected chi connectivity index (χ1v) is 14.4. The molecular weight excluding hydrogens is 490 g/mol. The Morgan fingerprint density at radius 2 is 1.97 bits per heavy atom. The molecule has 3 aliphatic rings. The number of benzene rings is 1. The Kier molecular flexibility index (Phi) is 6.45. The van der Waals surface area contributed by atoms with Crippen LogP contribution in [0, 0.1) is 0 Å². The molecule has 1 saturated heterocycles. The van der Waals surface area contributed by atoms with Gasteiger partial charge in [-0.2, -0.15) is 0 Å². The highest BCUT2D eigenvalue weighted by atomic mass is 32.2. The van der Waals surface area contributed by atoms with Gasteiger partial charge in [-0.3, -0.25) is 14.8 Å². The number of nitrogens with zero attached hydrogens (tertiary/aromatic N) is 4. The number of aliphatic imine (C=N–C) groups is 1. The van der Waals surface area contributed by atoms with Gasteiger partial charge in [0.2, 0.25) is 5.96 Å². The molecule has 0 saturated carbocycles. The second-order valence-electron chi connectivity index (χ2n) is 10.7. The average Bonchev–Trinajstić information content (AvgIpc) is 3.12. The van der Waals surface area contributed by atoms with E-state index in [1.54, 1.807) is 17.4 Å². The van der Waals surface area contributed by atoms with E-state index in [1.807, 2.05) is 18.2 Å². The molecule has 37 heavy (non-hydrogen) atoms. The number of anilines is 2. The Labute approximate surface area is 217 Å². The summed E-state index contributed by atoms with van der Waals surface area (Å²) in [5.41, 5.74) is 5.31. The van der Waals surface area contributed by atoms with E-state index in [0.29, 0.717) is 11.5 Å². The number of amides is 1. The van der Waals surface area contributed by atoms with Crippen LogP contribution in [0.1, 0.15) is 37.6 Å². The van der Waals surface area contributed by atoms with Crippen LogP contribution in [0.25, 0.3) is 0 Å². The van der Waals surface area contributed by atoms with Crippen molar-refractivity contribution >= 4 is 33.1 Å². The molecule has 3 aliphatic heterocycles. The lowest BCUT2D eigenvalue weighted by atomic mass is 9.91. The number of fused-ring (bicyclic) bond motifs is 2. The summed E-state index contributed by atoms with van der Waals surface area (Å²) in [6.07, 6.45) is 4.89. The average molecular weight is 524 g/mol. The summed E-state index contributed by atoms with van der Waals surface area (Å²) in [5, 5.41) is 13.1. The van der Waals surface area contributed by atoms with E-state index in [4.69, 9.17) is 4.99 Å². The van der Waals surface area contributed by atoms with Gasteiger partial charge < -0.3 is 16.0 Å². The Balaban J connectivity index is 1.49. The summed E-state index contributed by atoms with van der Waals surface area (Å²) in [7, 11) is -3.29. The highest BCUT2D eigenvalue weighted by Gasteiger charge is 2.44. The third-order valence-electron chi connectivity index (χ3n) is 6.67. The zero-order valence-electron chi connectivity index (χ0n) is 21.6. The molecule has 2 aromatic rings. The summed E-state index contributed by atoms with van der Waals surface area (Å²) >= 11 is 0. The van der Waals surface area contributed by atoms with Crippen LogP contribution in [-0.2, 0) is 33.0 Å². The number of hydrogen-bond acceptors (Lipinski definition) is 9. The van der Waals surface area contributed by atoms with Crippen molar-refractivity contribution < 1.29 is 13.2 Å². The highest BCUT2D eigenvalue weighted by molar-refractivity contribution is 7.90. The van der Waals surface area contributed by atoms with Gasteiger partial charge in [-0.05, 0) is 48.4 Å². The van der Waals surface area contributed by atoms with Crippen LogP contribution in [0.2, 0.25) is 0 Å². The fraction of sp³-hybridized carbons (Fsp3) is 0.423. The molecule has 1 unspecified atom stereocenters. The maximum atomic E-state index is 13.4. The molecule has 10 nitrogen and oxygen atoms in total. The smallest absolute Gasteiger partial charge is 0.274 e. The van der Waals surface area contributed by atoms with Crippen LogP contribution in [0.5, 0.6) is 0 Å². The third kappa shape index (κ3) is 5.33. The Bertz CT molecular complexity index is 1400. The molecule has 1 amide bonds. The summed E-state index contributed by atoms with van der Waals surface area (Å²) in [4.78, 5) is 22.8. The summed E-state index contributed by atoms with van der Waals surface area (Å²) in [6.45, 7) is 8.04. The van der Waals surface area contributed by atoms with E-state index in [9.17, 15) is 13.2 Å². The van der Waals surface area contributed by atoms with Crippen molar-refractivity contribution in [3.63, 3.8) is 0 Å². The Hall–Kier alpha value is -3.44. The van der Waals surface area contributed by atoms with Crippen LogP contribution in [0.4, 0.5) is 11.4 Å². The van der Waals surface area contributed by atoms with Gasteiger partial charge in [0.15, 0.2) is 6.17 Å². The standard InChI is InChI=1S/C26H33N7O3S/c1-26(2,3)22-14-20(8-10-28-22)33-23-21(24(34)32(33)11-12-37(4,35)36)16-29-25(31-23)30-19-6-5-17-7-9-27-15-18(17)13-19/h5-6,8,10,13-14,16,23,27H,7,9,11-12,15H2,1-4H3,(H2,29,30,31). The van der Waals surface area contributed by atoms with Gasteiger partial charge in [0.1, 0.15) is 9.84 Å². The summed E-state index contributed by atoms with van der Waals surface area (Å²) < 4.78 is 23.9. The fourth-order valence-electron chi connectivity index (χ4n) is 4.66. The molecule has 0 bridgehead atoms. The number of aromatic nitrogens is 1. The van der Waals surface area contributed by atoms with Crippen molar-refractivity contribution in [1.82, 2.24) is 20.6 Å². The fourth-order valence-corrected chi connectivity index (χ4v) is 5.17. The minimum absolute atomic E-state index is 0.0226. The van der Waals surface area contributed by atoms with Gasteiger partial charge in [-0.15, -0.1) is 0 Å². The number of rotatable bonds is 5. The van der Waals surface area contributed by atoms with Gasteiger partial charge in [0.25, 0.3) is 5.91 Å². The van der Waals surface area contributed by atoms with Crippen LogP contribution >= 0.6 is 0 Å². The molecule has 0 aliphatic carbocycles. The Morgan fingerprint density at radius 3 is 2.73 bits per heavy atom. The number of carbonyl (C=O) groups is 1. The number of carbonyl (C=O) groups excluding carboxylic acids is 1. The normalized spacial score (nSPS) is 19.6. The van der Waals surface area contributed by atoms with E-state index in [2.05, 4.69) is 53.8 Å². The molecule has 3 N–H and O–H groups in total. The SMILES string of the molecule is CC(C)(C)c1cc(N2C3N=C(Nc4ccc5c(c4)CNCC5)NC=C3C(=O)N2CCS(C)(=O)=O)ccn1. The molecule has 1 fully saturated rings. The lowest BCUT2D eigenvalue weighted by Crippen LogP contribution is -2.45. The third-order valence-corrected chi connectivity index (χ3v) is 7.60. The molecular formula is C26H33N7O3S. The lowest BCUT2D eigenvalue weighted by molar-refractivity contribution is -0.125. The molecule has 0 radical (unpaired) electrons. The van der Waals surface area contributed by atoms with Crippen molar-refractivity contribution in [2.24, 2.45) is 4.99 Å². The maximum absolute atomic E-state index is 13.4. The Morgan fingerprint density at radius 1 is 1.16 bits per heavy atom. The van der Waals surface area contributed by atoms with Gasteiger partial charge in [0.05, 0.1) is 23.6 Å². The molecule has 196 valence electrons. The monoisotopic (exact) mass is 523 g/mol. The van der Waals surface area contributed by atoms with Gasteiger partial charge >= 0.3 is 0 Å². The zero-order chi connectivity index (χ0) is 26.4. The number of guanidine groups is 1. The number of pyridine rings is 1. The number of nitrogens with one attached hydrogen (secondary N) is 3. The molecule has 1 aromatic carbocycles. The number of sulfone groups is 1. The molecule has 1 aromatic heterocycles. The molecule has 11 heteroatoms. The molecule has 5 rings (SSSR count). The van der Waals surface area contributed by atoms with Crippen LogP contribution in [-0.4, -0.2) is 61.5 Å². The topological polar surface area (TPSA) is 119 Å². The van der Waals surface area contributed by atoms with Crippen molar-refractivity contribution in [3.05, 3.63) is 65.1 Å². The summed E-state index contributed by atoms with van der Waals surface area (Å²) in [5.74, 6) is 0.0703. The van der Waals surface area contributed by atoms with Crippen LogP contribution < -0.4 is 21.0 Å². The largest absolute Gasteiger partial charge is 0.332 e. The van der Waals surface area contributed by atoms with Gasteiger partial charge in [-0.25, -0.2) is 18.4 Å². The highest BCUT2D eigenvalue weighted by Crippen LogP contribution is 2.34. The first-order chi connectivity index (χ1) is 17.5. The number of hydrazine groups is 1. The van der Waals surface area contributed by atoms with E-state index >= 15 is 0 Å². The molecule has 0 spiro atoms. The van der Waals surface area contributed by atoms with Crippen molar-refractivity contribution in [2.45, 2.75) is 45.3 Å². The maximum Gasteiger partial charge on any atom is 0.274 e. The predicted octanol–water partition coefficient (Wildman–Crippen LogP) is 1.91. The van der Waals surface area contributed by atoms with Crippen molar-refractivity contribution in [1.29, 1.82) is 0 Å². The summed E-state index contributed by atoms with van der Waals surface area (Å²) in [6, 6.07) is 10.0. The van der Waals surface area contributed by atoms with Crippen molar-refractivity contribution in [3.8, 4) is 0 Å². The van der Waals surface area contributed by atoms with Crippen LogP contribution in [0.15, 0.2) is 53.3 Å². The minimum Gasteiger partial charge on any atom is -0.332 e. The van der Waals surface area contributed by atoms with Crippen molar-refractivity contribution in [2.75, 3.05) is 35.4 Å². The van der Waals surface area contributed by atoms with E-state index in [1.165, 1.54) is 22.4 Å². The molecule has 1 atom stereocenters. The quantitative estimate of drug-likeness (QED) is 0.544. The second-order valence-corrected chi connectivity index (χ2v) is 12.9. The second kappa shape index (κ2) is 9.46. The predicted molar refractivity (Wildman–Crippen MR) is 145 cm³/mol. The van der Waals surface area contributed by atoms with Gasteiger partial charge in [0, 0.05) is 42.0 Å². The first-order valence-electron chi connectivity index (χ1n) is 12.4. The first kappa shape index (κ1) is 25.2. The minimum atomic E-state index is -3.29. The van der Waals surface area contributed by atoms with E-state index in [0.717, 1.165) is 36.6 Å². The lowest BCUT2D eigenvalue weighted by Gasteiger charge is -2.33. The molecule has 4 heterocycles. The van der Waals surface area contributed by atoms with E-state index < -0.39 is 16.0 Å². The number of hydrogen-bond donors (Lipinski definition) is 3. The zero-order valence-corrected chi connectivity index (χ0v) is 22.4. The van der Waals surface area contributed by atoms with Crippen LogP contribution in [0.3, 0.4) is 0 Å². The van der Waals surface area contributed by atoms with E-state index in [-0.39, 0.29) is 23.6 Å². The van der Waals surface area contributed by atoms with Gasteiger partial charge in [-0.1, -0.05) is 26.8 Å².